The zero-order valence-corrected chi connectivity index (χ0v) is 19.6. The number of rotatable bonds is 1. The first-order valence-electron chi connectivity index (χ1n) is 7.64. The van der Waals surface area contributed by atoms with E-state index in [4.69, 9.17) is 11.1 Å². The van der Waals surface area contributed by atoms with Crippen LogP contribution in [0, 0.1) is 0 Å². The first kappa shape index (κ1) is 24.6. The fourth-order valence-electron chi connectivity index (χ4n) is 2.14. The topological polar surface area (TPSA) is 0 Å². The van der Waals surface area contributed by atoms with Crippen LogP contribution in [0.3, 0.4) is 0 Å². The third-order valence-electron chi connectivity index (χ3n) is 3.41. The Bertz CT molecular complexity index is 741. The van der Waals surface area contributed by atoms with Crippen LogP contribution in [0.15, 0.2) is 84.9 Å². The normalized spacial score (nSPS) is 8.96. The van der Waals surface area contributed by atoms with E-state index < -0.39 is 0 Å². The van der Waals surface area contributed by atoms with Gasteiger partial charge in [-0.25, -0.2) is 0 Å². The molecule has 4 rings (SSSR count). The molecule has 25 heavy (non-hydrogen) atoms. The summed E-state index contributed by atoms with van der Waals surface area (Å²) in [5, 5.41) is 5.32. The summed E-state index contributed by atoms with van der Waals surface area (Å²) in [6.07, 6.45) is 0. The van der Waals surface area contributed by atoms with Crippen LogP contribution in [0.2, 0.25) is 6.04 Å². The molecule has 0 saturated carbocycles. The zero-order chi connectivity index (χ0) is 16.5. The third kappa shape index (κ3) is 8.71. The van der Waals surface area contributed by atoms with E-state index in [2.05, 4.69) is 91.9 Å². The smallest absolute Gasteiger partial charge is 0.0809 e. The summed E-state index contributed by atoms with van der Waals surface area (Å²) in [6.45, 7) is 2.13. The van der Waals surface area contributed by atoms with E-state index in [1.807, 2.05) is 0 Å². The molecule has 0 aromatic heterocycles. The summed E-state index contributed by atoms with van der Waals surface area (Å²) in [4.78, 5) is 0. The number of halogens is 3. The number of hydrogen-bond donors (Lipinski definition) is 0. The molecular formula is C20H19Cl3SiZr-2. The van der Waals surface area contributed by atoms with E-state index in [0.717, 1.165) is 0 Å². The Balaban J connectivity index is 0.000000348. The second-order valence-electron chi connectivity index (χ2n) is 5.07. The van der Waals surface area contributed by atoms with E-state index in [1.54, 1.807) is 0 Å². The second kappa shape index (κ2) is 13.8. The van der Waals surface area contributed by atoms with Gasteiger partial charge in [0.2, 0.25) is 0 Å². The summed E-state index contributed by atoms with van der Waals surface area (Å²) in [5.74, 6) is 0. The predicted molar refractivity (Wildman–Crippen MR) is 101 cm³/mol. The van der Waals surface area contributed by atoms with E-state index in [0.29, 0.717) is 0 Å². The van der Waals surface area contributed by atoms with Gasteiger partial charge >= 0.3 is 52.1 Å². The molecular weight excluding hydrogens is 466 g/mol. The van der Waals surface area contributed by atoms with Crippen molar-refractivity contribution in [2.24, 2.45) is 0 Å². The Morgan fingerprint density at radius 3 is 1.48 bits per heavy atom. The minimum atomic E-state index is -0.312. The van der Waals surface area contributed by atoms with Crippen molar-refractivity contribution in [3.8, 4) is 0 Å². The molecule has 0 fully saturated rings. The maximum Gasteiger partial charge on any atom is -0.0809 e. The average Bonchev–Trinajstić information content (AvgIpc) is 3.24. The second-order valence-corrected chi connectivity index (χ2v) is 14.7. The molecule has 0 amide bonds. The molecule has 0 nitrogen and oxygen atoms in total. The molecule has 130 valence electrons. The van der Waals surface area contributed by atoms with Gasteiger partial charge in [-0.2, -0.15) is 35.0 Å². The summed E-state index contributed by atoms with van der Waals surface area (Å²) in [6, 6.07) is 30.6. The van der Waals surface area contributed by atoms with Gasteiger partial charge < -0.3 is 24.8 Å². The minimum absolute atomic E-state index is 0. The van der Waals surface area contributed by atoms with Crippen molar-refractivity contribution in [1.82, 2.24) is 0 Å². The third-order valence-corrected chi connectivity index (χ3v) is 7.44. The Hall–Kier alpha value is -0.370. The summed E-state index contributed by atoms with van der Waals surface area (Å²) in [5.41, 5.74) is 0. The van der Waals surface area contributed by atoms with Gasteiger partial charge in [0.25, 0.3) is 0 Å². The van der Waals surface area contributed by atoms with Crippen LogP contribution in [0.4, 0.5) is 0 Å². The van der Waals surface area contributed by atoms with Crippen molar-refractivity contribution >= 4 is 37.4 Å². The predicted octanol–water partition coefficient (Wildman–Crippen LogP) is 0.406. The summed E-state index contributed by atoms with van der Waals surface area (Å²) >= 11 is 7.14. The van der Waals surface area contributed by atoms with Gasteiger partial charge in [0.05, 0.1) is 0 Å². The molecule has 0 heterocycles. The quantitative estimate of drug-likeness (QED) is 0.208. The Morgan fingerprint density at radius 1 is 0.800 bits per heavy atom. The summed E-state index contributed by atoms with van der Waals surface area (Å²) < 4.78 is -0.312. The summed E-state index contributed by atoms with van der Waals surface area (Å²) in [7, 11) is 0. The Kier molecular flexibility index (Phi) is 13.6. The molecule has 0 saturated heterocycles. The van der Waals surface area contributed by atoms with Crippen molar-refractivity contribution in [1.29, 1.82) is 0 Å². The van der Waals surface area contributed by atoms with Gasteiger partial charge in [-0.1, -0.05) is 12.1 Å². The SMILES string of the molecule is CC[Si](Cl)=[Zr+2].[Cl-].[Cl-].c1ccc2[cH-]ccc2c1.c1ccc2[cH-]ccc2c1. The first-order valence-corrected chi connectivity index (χ1v) is 14.0. The van der Waals surface area contributed by atoms with Gasteiger partial charge in [0.15, 0.2) is 0 Å². The van der Waals surface area contributed by atoms with Gasteiger partial charge in [-0.15, -0.1) is 59.3 Å². The molecule has 0 radical (unpaired) electrons. The van der Waals surface area contributed by atoms with Gasteiger partial charge in [0, 0.05) is 0 Å². The van der Waals surface area contributed by atoms with E-state index in [-0.39, 0.29) is 29.6 Å². The molecule has 0 aliphatic carbocycles. The van der Waals surface area contributed by atoms with E-state index in [9.17, 15) is 0 Å². The first-order chi connectivity index (χ1) is 11.2. The van der Waals surface area contributed by atoms with Crippen LogP contribution in [0.1, 0.15) is 6.92 Å². The maximum absolute atomic E-state index is 5.60. The fraction of sp³-hybridized carbons (Fsp3) is 0.100. The molecule has 0 aliphatic rings. The van der Waals surface area contributed by atoms with Crippen LogP contribution < -0.4 is 24.8 Å². The standard InChI is InChI=1S/2C9H7.C2H5ClSi.2ClH.Zr/c2*1-2-5-9-7-3-6-8(9)4-1;1-2-4-3;;;/h2*1-7H;2H2,1H3;2*1H;/q2*-1;;;;+2/p-2. The number of hydrogen-bond acceptors (Lipinski definition) is 0. The molecule has 0 unspecified atom stereocenters. The molecule has 0 atom stereocenters. The van der Waals surface area contributed by atoms with Crippen molar-refractivity contribution in [2.45, 2.75) is 13.0 Å². The Labute approximate surface area is 182 Å². The Morgan fingerprint density at radius 2 is 1.16 bits per heavy atom. The number of benzene rings is 2. The molecule has 5 heteroatoms. The van der Waals surface area contributed by atoms with E-state index >= 15 is 0 Å². The van der Waals surface area contributed by atoms with Gasteiger partial charge in [-0.3, -0.25) is 0 Å². The van der Waals surface area contributed by atoms with Crippen LogP contribution in [0.5, 0.6) is 0 Å². The average molecular weight is 485 g/mol. The van der Waals surface area contributed by atoms with Crippen molar-refractivity contribution < 1.29 is 48.1 Å². The molecule has 4 aromatic carbocycles. The molecule has 0 aliphatic heterocycles. The molecule has 0 spiro atoms. The van der Waals surface area contributed by atoms with Crippen LogP contribution in [-0.4, -0.2) is 4.74 Å². The van der Waals surface area contributed by atoms with E-state index in [1.165, 1.54) is 50.9 Å². The van der Waals surface area contributed by atoms with Crippen molar-refractivity contribution in [3.63, 3.8) is 0 Å². The minimum Gasteiger partial charge on any atom is -1.00 e. The molecule has 0 N–H and O–H groups in total. The fourth-order valence-corrected chi connectivity index (χ4v) is 2.14. The van der Waals surface area contributed by atoms with Gasteiger partial charge in [0.1, 0.15) is 0 Å². The van der Waals surface area contributed by atoms with Crippen LogP contribution in [-0.2, 0) is 23.3 Å². The molecule has 0 bridgehead atoms. The zero-order valence-electron chi connectivity index (χ0n) is 13.9. The van der Waals surface area contributed by atoms with Crippen LogP contribution >= 0.6 is 11.1 Å². The van der Waals surface area contributed by atoms with Crippen molar-refractivity contribution in [2.75, 3.05) is 0 Å². The van der Waals surface area contributed by atoms with Crippen molar-refractivity contribution in [3.05, 3.63) is 84.9 Å². The molecule has 4 aromatic rings. The monoisotopic (exact) mass is 482 g/mol. The number of fused-ring (bicyclic) bond motifs is 2. The van der Waals surface area contributed by atoms with Gasteiger partial charge in [-0.05, 0) is 0 Å². The van der Waals surface area contributed by atoms with Crippen LogP contribution in [0.25, 0.3) is 21.5 Å². The largest absolute Gasteiger partial charge is 1.00 e. The maximum atomic E-state index is 5.60.